The number of carbonyl (C=O) groups excluding carboxylic acids is 1. The van der Waals surface area contributed by atoms with Gasteiger partial charge < -0.3 is 4.74 Å². The molecule has 0 aliphatic rings. The summed E-state index contributed by atoms with van der Waals surface area (Å²) < 4.78 is 4.73. The number of benzene rings is 1. The average Bonchev–Trinajstić information content (AvgIpc) is 2.40. The maximum absolute atomic E-state index is 11.7. The molecule has 0 fully saturated rings. The van der Waals surface area contributed by atoms with E-state index in [1.807, 2.05) is 30.3 Å². The smallest absolute Gasteiger partial charge is 0.362 e. The maximum Gasteiger partial charge on any atom is 0.362 e. The molecular weight excluding hydrogens is 232 g/mol. The molecule has 0 atom stereocenters. The molecule has 92 valence electrons. The van der Waals surface area contributed by atoms with Crippen LogP contribution in [0.3, 0.4) is 0 Å². The van der Waals surface area contributed by atoms with E-state index < -0.39 is 11.4 Å². The van der Waals surface area contributed by atoms with E-state index in [0.717, 1.165) is 5.56 Å². The molecule has 0 bridgehead atoms. The molecule has 0 aliphatic carbocycles. The molecule has 5 heteroatoms. The van der Waals surface area contributed by atoms with Crippen LogP contribution in [0.5, 0.6) is 0 Å². The number of nitrogens with one attached hydrogen (secondary N) is 1. The van der Waals surface area contributed by atoms with E-state index >= 15 is 0 Å². The Bertz CT molecular complexity index is 605. The highest BCUT2D eigenvalue weighted by Crippen LogP contribution is 2.13. The number of hydrogen-bond donors (Lipinski definition) is 1. The quantitative estimate of drug-likeness (QED) is 0.832. The van der Waals surface area contributed by atoms with Gasteiger partial charge in [-0.25, -0.2) is 4.79 Å². The summed E-state index contributed by atoms with van der Waals surface area (Å²) in [5.74, 6) is -0.710. The van der Waals surface area contributed by atoms with Gasteiger partial charge in [0.1, 0.15) is 0 Å². The SMILES string of the molecule is CCOC(=O)c1n[nH]c(-c2ccccc2)cc1=O. The molecule has 0 saturated heterocycles. The first-order valence-electron chi connectivity index (χ1n) is 5.54. The summed E-state index contributed by atoms with van der Waals surface area (Å²) in [7, 11) is 0. The van der Waals surface area contributed by atoms with Gasteiger partial charge in [-0.3, -0.25) is 9.89 Å². The van der Waals surface area contributed by atoms with Gasteiger partial charge in [-0.05, 0) is 12.5 Å². The molecule has 2 aromatic rings. The van der Waals surface area contributed by atoms with Gasteiger partial charge in [0.2, 0.25) is 11.1 Å². The van der Waals surface area contributed by atoms with Crippen molar-refractivity contribution < 1.29 is 9.53 Å². The van der Waals surface area contributed by atoms with Crippen LogP contribution in [0.4, 0.5) is 0 Å². The second kappa shape index (κ2) is 5.27. The van der Waals surface area contributed by atoms with E-state index in [4.69, 9.17) is 4.74 Å². The van der Waals surface area contributed by atoms with E-state index in [1.165, 1.54) is 6.07 Å². The Balaban J connectivity index is 2.37. The van der Waals surface area contributed by atoms with Crippen LogP contribution in [0.1, 0.15) is 17.4 Å². The highest BCUT2D eigenvalue weighted by molar-refractivity contribution is 5.87. The third kappa shape index (κ3) is 2.45. The Kier molecular flexibility index (Phi) is 3.52. The first-order chi connectivity index (χ1) is 8.72. The molecule has 0 unspecified atom stereocenters. The van der Waals surface area contributed by atoms with Gasteiger partial charge in [-0.15, -0.1) is 0 Å². The number of esters is 1. The number of aromatic nitrogens is 2. The zero-order valence-corrected chi connectivity index (χ0v) is 9.84. The number of ether oxygens (including phenoxy) is 1. The van der Waals surface area contributed by atoms with Crippen LogP contribution in [0.15, 0.2) is 41.2 Å². The summed E-state index contributed by atoms with van der Waals surface area (Å²) in [5.41, 5.74) is 0.716. The summed E-state index contributed by atoms with van der Waals surface area (Å²) in [6.07, 6.45) is 0. The summed E-state index contributed by atoms with van der Waals surface area (Å²) in [6, 6.07) is 10.6. The first-order valence-corrected chi connectivity index (χ1v) is 5.54. The lowest BCUT2D eigenvalue weighted by atomic mass is 10.1. The van der Waals surface area contributed by atoms with Crippen LogP contribution in [0.2, 0.25) is 0 Å². The summed E-state index contributed by atoms with van der Waals surface area (Å²) in [5, 5.41) is 6.44. The summed E-state index contributed by atoms with van der Waals surface area (Å²) in [6.45, 7) is 1.88. The van der Waals surface area contributed by atoms with Crippen LogP contribution < -0.4 is 5.43 Å². The number of aromatic amines is 1. The van der Waals surface area contributed by atoms with Crippen molar-refractivity contribution in [2.24, 2.45) is 0 Å². The fraction of sp³-hybridized carbons (Fsp3) is 0.154. The molecule has 0 radical (unpaired) electrons. The molecule has 1 aromatic heterocycles. The molecule has 1 heterocycles. The van der Waals surface area contributed by atoms with Crippen molar-refractivity contribution >= 4 is 5.97 Å². The normalized spacial score (nSPS) is 10.1. The molecule has 0 spiro atoms. The molecule has 1 aromatic carbocycles. The minimum absolute atomic E-state index is 0.209. The first kappa shape index (κ1) is 12.0. The number of carbonyl (C=O) groups is 1. The van der Waals surface area contributed by atoms with Gasteiger partial charge in [-0.1, -0.05) is 30.3 Å². The summed E-state index contributed by atoms with van der Waals surface area (Å²) in [4.78, 5) is 23.2. The Morgan fingerprint density at radius 3 is 2.67 bits per heavy atom. The number of rotatable bonds is 3. The second-order valence-corrected chi connectivity index (χ2v) is 3.58. The molecule has 1 N–H and O–H groups in total. The predicted octanol–water partition coefficient (Wildman–Crippen LogP) is 1.61. The van der Waals surface area contributed by atoms with Crippen molar-refractivity contribution in [1.29, 1.82) is 0 Å². The standard InChI is InChI=1S/C13H12N2O3/c1-2-18-13(17)12-11(16)8-10(14-15-12)9-6-4-3-5-7-9/h3-8H,2H2,1H3,(H,14,16). The van der Waals surface area contributed by atoms with Gasteiger partial charge in [0.05, 0.1) is 12.3 Å². The van der Waals surface area contributed by atoms with Gasteiger partial charge in [0, 0.05) is 6.07 Å². The molecular formula is C13H12N2O3. The number of H-pyrrole nitrogens is 1. The van der Waals surface area contributed by atoms with E-state index in [-0.39, 0.29) is 12.3 Å². The van der Waals surface area contributed by atoms with Gasteiger partial charge in [0.25, 0.3) is 0 Å². The zero-order chi connectivity index (χ0) is 13.0. The fourth-order valence-electron chi connectivity index (χ4n) is 1.51. The monoisotopic (exact) mass is 244 g/mol. The lowest BCUT2D eigenvalue weighted by Crippen LogP contribution is -2.20. The molecule has 0 amide bonds. The van der Waals surface area contributed by atoms with Crippen molar-refractivity contribution in [3.05, 3.63) is 52.3 Å². The average molecular weight is 244 g/mol. The van der Waals surface area contributed by atoms with Gasteiger partial charge in [0.15, 0.2) is 0 Å². The number of hydrogen-bond acceptors (Lipinski definition) is 4. The zero-order valence-electron chi connectivity index (χ0n) is 9.84. The van der Waals surface area contributed by atoms with Crippen LogP contribution in [0, 0.1) is 0 Å². The maximum atomic E-state index is 11.7. The Labute approximate surface area is 103 Å². The van der Waals surface area contributed by atoms with E-state index in [0.29, 0.717) is 5.69 Å². The molecule has 0 saturated carbocycles. The van der Waals surface area contributed by atoms with E-state index in [1.54, 1.807) is 6.92 Å². The lowest BCUT2D eigenvalue weighted by molar-refractivity contribution is 0.0516. The van der Waals surface area contributed by atoms with Crippen molar-refractivity contribution in [2.45, 2.75) is 6.92 Å². The van der Waals surface area contributed by atoms with Crippen LogP contribution >= 0.6 is 0 Å². The van der Waals surface area contributed by atoms with Crippen LogP contribution in [-0.2, 0) is 4.74 Å². The Hall–Kier alpha value is -2.43. The highest BCUT2D eigenvalue weighted by Gasteiger charge is 2.14. The molecule has 0 aliphatic heterocycles. The largest absolute Gasteiger partial charge is 0.461 e. The minimum atomic E-state index is -0.710. The molecule has 5 nitrogen and oxygen atoms in total. The van der Waals surface area contributed by atoms with Crippen molar-refractivity contribution in [2.75, 3.05) is 6.61 Å². The van der Waals surface area contributed by atoms with Gasteiger partial charge >= 0.3 is 5.97 Å². The van der Waals surface area contributed by atoms with Crippen LogP contribution in [-0.4, -0.2) is 22.8 Å². The molecule has 2 rings (SSSR count). The lowest BCUT2D eigenvalue weighted by Gasteiger charge is -2.03. The van der Waals surface area contributed by atoms with Crippen molar-refractivity contribution in [1.82, 2.24) is 10.2 Å². The predicted molar refractivity (Wildman–Crippen MR) is 66.3 cm³/mol. The molecule has 18 heavy (non-hydrogen) atoms. The topological polar surface area (TPSA) is 72.0 Å². The third-order valence-corrected chi connectivity index (χ3v) is 2.35. The number of nitrogens with zero attached hydrogens (tertiary/aromatic N) is 1. The summed E-state index contributed by atoms with van der Waals surface area (Å²) >= 11 is 0. The van der Waals surface area contributed by atoms with Gasteiger partial charge in [-0.2, -0.15) is 5.10 Å². The van der Waals surface area contributed by atoms with E-state index in [2.05, 4.69) is 10.2 Å². The van der Waals surface area contributed by atoms with Crippen LogP contribution in [0.25, 0.3) is 11.3 Å². The Morgan fingerprint density at radius 1 is 1.33 bits per heavy atom. The van der Waals surface area contributed by atoms with Crippen molar-refractivity contribution in [3.8, 4) is 11.3 Å². The third-order valence-electron chi connectivity index (χ3n) is 2.35. The minimum Gasteiger partial charge on any atom is -0.461 e. The fourth-order valence-corrected chi connectivity index (χ4v) is 1.51. The van der Waals surface area contributed by atoms with Crippen molar-refractivity contribution in [3.63, 3.8) is 0 Å². The van der Waals surface area contributed by atoms with E-state index in [9.17, 15) is 9.59 Å². The Morgan fingerprint density at radius 2 is 2.06 bits per heavy atom. The highest BCUT2D eigenvalue weighted by atomic mass is 16.5. The second-order valence-electron chi connectivity index (χ2n) is 3.58.